The van der Waals surface area contributed by atoms with Gasteiger partial charge in [-0.3, -0.25) is 4.79 Å². The van der Waals surface area contributed by atoms with E-state index in [-0.39, 0.29) is 11.4 Å². The minimum absolute atomic E-state index is 0.223. The highest BCUT2D eigenvalue weighted by atomic mass is 16.5. The molecular formula is C14H17NO5. The Balaban J connectivity index is 2.02. The van der Waals surface area contributed by atoms with Gasteiger partial charge in [0.05, 0.1) is 12.1 Å². The van der Waals surface area contributed by atoms with E-state index in [1.54, 1.807) is 18.2 Å². The number of carboxylic acids is 1. The predicted octanol–water partition coefficient (Wildman–Crippen LogP) is 1.06. The first-order valence-electron chi connectivity index (χ1n) is 6.33. The number of nitrogens with one attached hydrogen (secondary N) is 1. The van der Waals surface area contributed by atoms with Gasteiger partial charge >= 0.3 is 5.97 Å². The first-order valence-corrected chi connectivity index (χ1v) is 6.33. The van der Waals surface area contributed by atoms with E-state index in [1.807, 2.05) is 6.92 Å². The molecule has 1 aliphatic heterocycles. The molecule has 1 saturated heterocycles. The fourth-order valence-corrected chi connectivity index (χ4v) is 1.98. The molecule has 1 aliphatic rings. The summed E-state index contributed by atoms with van der Waals surface area (Å²) in [6.45, 7) is 2.63. The van der Waals surface area contributed by atoms with Crippen molar-refractivity contribution in [2.45, 2.75) is 18.9 Å². The van der Waals surface area contributed by atoms with E-state index in [2.05, 4.69) is 5.32 Å². The van der Waals surface area contributed by atoms with E-state index in [9.17, 15) is 9.59 Å². The molecule has 2 rings (SSSR count). The first-order chi connectivity index (χ1) is 9.48. The van der Waals surface area contributed by atoms with Gasteiger partial charge in [-0.25, -0.2) is 4.79 Å². The number of carboxylic acid groups (broad SMARTS) is 1. The molecule has 2 N–H and O–H groups in total. The molecule has 0 spiro atoms. The fraction of sp³-hybridized carbons (Fsp3) is 0.429. The molecule has 0 aliphatic carbocycles. The number of hydrogen-bond donors (Lipinski definition) is 2. The second kappa shape index (κ2) is 5.92. The maximum absolute atomic E-state index is 12.2. The molecule has 1 aromatic carbocycles. The van der Waals surface area contributed by atoms with Crippen LogP contribution in [0.4, 0.5) is 0 Å². The van der Waals surface area contributed by atoms with Crippen molar-refractivity contribution in [3.8, 4) is 5.75 Å². The van der Waals surface area contributed by atoms with Gasteiger partial charge in [-0.1, -0.05) is 6.07 Å². The van der Waals surface area contributed by atoms with Crippen LogP contribution in [-0.4, -0.2) is 42.3 Å². The highest BCUT2D eigenvalue weighted by Gasteiger charge is 2.31. The molecule has 6 nitrogen and oxygen atoms in total. The second-order valence-corrected chi connectivity index (χ2v) is 5.03. The molecule has 1 aromatic rings. The van der Waals surface area contributed by atoms with E-state index in [0.717, 1.165) is 6.42 Å². The van der Waals surface area contributed by atoms with Crippen molar-refractivity contribution in [1.82, 2.24) is 5.32 Å². The Labute approximate surface area is 116 Å². The molecule has 1 amide bonds. The Hall–Kier alpha value is -2.08. The van der Waals surface area contributed by atoms with Gasteiger partial charge in [-0.2, -0.15) is 0 Å². The SMILES string of the molecule is CC1(NC(=O)c2cccc(OCC(=O)O)c2)CCOC1. The van der Waals surface area contributed by atoms with Gasteiger partial charge in [0.15, 0.2) is 6.61 Å². The van der Waals surface area contributed by atoms with Crippen molar-refractivity contribution < 1.29 is 24.2 Å². The van der Waals surface area contributed by atoms with Gasteiger partial charge in [0, 0.05) is 12.2 Å². The molecule has 0 radical (unpaired) electrons. The van der Waals surface area contributed by atoms with Gasteiger partial charge < -0.3 is 19.9 Å². The molecule has 1 heterocycles. The van der Waals surface area contributed by atoms with Crippen LogP contribution in [0.25, 0.3) is 0 Å². The topological polar surface area (TPSA) is 84.9 Å². The zero-order valence-electron chi connectivity index (χ0n) is 11.2. The normalized spacial score (nSPS) is 21.4. The Bertz CT molecular complexity index is 508. The lowest BCUT2D eigenvalue weighted by Crippen LogP contribution is -2.46. The average molecular weight is 279 g/mol. The lowest BCUT2D eigenvalue weighted by atomic mass is 10.0. The standard InChI is InChI=1S/C14H17NO5/c1-14(5-6-19-9-14)15-13(18)10-3-2-4-11(7-10)20-8-12(16)17/h2-4,7H,5-6,8-9H2,1H3,(H,15,18)(H,16,17). The molecule has 0 saturated carbocycles. The maximum atomic E-state index is 12.2. The maximum Gasteiger partial charge on any atom is 0.341 e. The summed E-state index contributed by atoms with van der Waals surface area (Å²) in [5.74, 6) is -0.929. The number of carbonyl (C=O) groups is 2. The van der Waals surface area contributed by atoms with Crippen LogP contribution in [0.2, 0.25) is 0 Å². The molecule has 1 unspecified atom stereocenters. The van der Waals surface area contributed by atoms with Crippen LogP contribution in [0.15, 0.2) is 24.3 Å². The summed E-state index contributed by atoms with van der Waals surface area (Å²) in [5, 5.41) is 11.5. The number of ether oxygens (including phenoxy) is 2. The van der Waals surface area contributed by atoms with E-state index in [0.29, 0.717) is 24.5 Å². The summed E-state index contributed by atoms with van der Waals surface area (Å²) in [4.78, 5) is 22.6. The van der Waals surface area contributed by atoms with E-state index in [1.165, 1.54) is 6.07 Å². The summed E-state index contributed by atoms with van der Waals surface area (Å²) in [7, 11) is 0. The summed E-state index contributed by atoms with van der Waals surface area (Å²) < 4.78 is 10.3. The summed E-state index contributed by atoms with van der Waals surface area (Å²) in [6, 6.07) is 6.44. The number of hydrogen-bond acceptors (Lipinski definition) is 4. The lowest BCUT2D eigenvalue weighted by Gasteiger charge is -2.23. The molecule has 108 valence electrons. The number of amides is 1. The van der Waals surface area contributed by atoms with Crippen molar-refractivity contribution in [3.63, 3.8) is 0 Å². The molecule has 0 aromatic heterocycles. The minimum atomic E-state index is -1.06. The third-order valence-corrected chi connectivity index (χ3v) is 3.09. The van der Waals surface area contributed by atoms with Gasteiger partial charge in [0.2, 0.25) is 0 Å². The smallest absolute Gasteiger partial charge is 0.341 e. The molecule has 1 atom stereocenters. The zero-order chi connectivity index (χ0) is 14.6. The van der Waals surface area contributed by atoms with Gasteiger partial charge in [0.25, 0.3) is 5.91 Å². The van der Waals surface area contributed by atoms with Crippen molar-refractivity contribution in [2.24, 2.45) is 0 Å². The van der Waals surface area contributed by atoms with Crippen molar-refractivity contribution in [2.75, 3.05) is 19.8 Å². The van der Waals surface area contributed by atoms with Crippen molar-refractivity contribution in [3.05, 3.63) is 29.8 Å². The Kier molecular flexibility index (Phi) is 4.24. The van der Waals surface area contributed by atoms with Crippen LogP contribution in [0.3, 0.4) is 0 Å². The summed E-state index contributed by atoms with van der Waals surface area (Å²) >= 11 is 0. The van der Waals surface area contributed by atoms with Crippen LogP contribution in [-0.2, 0) is 9.53 Å². The van der Waals surface area contributed by atoms with Crippen LogP contribution in [0, 0.1) is 0 Å². The van der Waals surface area contributed by atoms with Gasteiger partial charge in [-0.15, -0.1) is 0 Å². The number of rotatable bonds is 5. The van der Waals surface area contributed by atoms with Crippen LogP contribution in [0.1, 0.15) is 23.7 Å². The Morgan fingerprint density at radius 2 is 2.30 bits per heavy atom. The summed E-state index contributed by atoms with van der Waals surface area (Å²) in [5.41, 5.74) is 0.0793. The third-order valence-electron chi connectivity index (χ3n) is 3.09. The number of benzene rings is 1. The highest BCUT2D eigenvalue weighted by molar-refractivity contribution is 5.95. The Morgan fingerprint density at radius 1 is 1.50 bits per heavy atom. The quantitative estimate of drug-likeness (QED) is 0.841. The predicted molar refractivity (Wildman–Crippen MR) is 70.9 cm³/mol. The molecule has 0 bridgehead atoms. The number of aliphatic carboxylic acids is 1. The number of carbonyl (C=O) groups excluding carboxylic acids is 1. The van der Waals surface area contributed by atoms with E-state index >= 15 is 0 Å². The van der Waals surface area contributed by atoms with Crippen LogP contribution < -0.4 is 10.1 Å². The third kappa shape index (κ3) is 3.71. The monoisotopic (exact) mass is 279 g/mol. The Morgan fingerprint density at radius 3 is 2.95 bits per heavy atom. The van der Waals surface area contributed by atoms with E-state index < -0.39 is 12.6 Å². The molecule has 6 heteroatoms. The largest absolute Gasteiger partial charge is 0.482 e. The molecular weight excluding hydrogens is 262 g/mol. The van der Waals surface area contributed by atoms with Crippen molar-refractivity contribution in [1.29, 1.82) is 0 Å². The zero-order valence-corrected chi connectivity index (χ0v) is 11.2. The minimum Gasteiger partial charge on any atom is -0.482 e. The van der Waals surface area contributed by atoms with Crippen LogP contribution >= 0.6 is 0 Å². The fourth-order valence-electron chi connectivity index (χ4n) is 1.98. The summed E-state index contributed by atoms with van der Waals surface area (Å²) in [6.07, 6.45) is 0.772. The van der Waals surface area contributed by atoms with Gasteiger partial charge in [-0.05, 0) is 31.5 Å². The average Bonchev–Trinajstić information content (AvgIpc) is 2.83. The van der Waals surface area contributed by atoms with Gasteiger partial charge in [0.1, 0.15) is 5.75 Å². The van der Waals surface area contributed by atoms with Crippen LogP contribution in [0.5, 0.6) is 5.75 Å². The van der Waals surface area contributed by atoms with Crippen molar-refractivity contribution >= 4 is 11.9 Å². The second-order valence-electron chi connectivity index (χ2n) is 5.03. The lowest BCUT2D eigenvalue weighted by molar-refractivity contribution is -0.139. The van der Waals surface area contributed by atoms with E-state index in [4.69, 9.17) is 14.6 Å². The first kappa shape index (κ1) is 14.3. The highest BCUT2D eigenvalue weighted by Crippen LogP contribution is 2.19. The molecule has 20 heavy (non-hydrogen) atoms. The molecule has 1 fully saturated rings.